The lowest BCUT2D eigenvalue weighted by Gasteiger charge is -2.31. The van der Waals surface area contributed by atoms with Gasteiger partial charge in [0.1, 0.15) is 11.6 Å². The molecule has 2 rings (SSSR count). The average molecular weight is 248 g/mol. The second-order valence-corrected chi connectivity index (χ2v) is 5.54. The molecule has 0 N–H and O–H groups in total. The van der Waals surface area contributed by atoms with Crippen molar-refractivity contribution in [3.63, 3.8) is 0 Å². The van der Waals surface area contributed by atoms with E-state index in [9.17, 15) is 9.18 Å². The molecule has 1 nitrogen and oxygen atoms in total. The van der Waals surface area contributed by atoms with E-state index >= 15 is 0 Å². The maximum Gasteiger partial charge on any atom is 0.133 e. The molecule has 0 spiro atoms. The Morgan fingerprint density at radius 3 is 2.72 bits per heavy atom. The molecule has 1 aromatic rings. The molecule has 1 aromatic carbocycles. The Bertz CT molecular complexity index is 464. The smallest absolute Gasteiger partial charge is 0.133 e. The van der Waals surface area contributed by atoms with Crippen LogP contribution in [0.25, 0.3) is 0 Å². The molecule has 2 heteroatoms. The Balaban J connectivity index is 2.42. The van der Waals surface area contributed by atoms with Gasteiger partial charge in [-0.2, -0.15) is 0 Å². The second-order valence-electron chi connectivity index (χ2n) is 5.54. The highest BCUT2D eigenvalue weighted by Gasteiger charge is 2.31. The van der Waals surface area contributed by atoms with E-state index in [0.717, 1.165) is 24.0 Å². The summed E-state index contributed by atoms with van der Waals surface area (Å²) in [5.74, 6) is 0.690. The molecule has 0 amide bonds. The van der Waals surface area contributed by atoms with Crippen LogP contribution in [0.5, 0.6) is 0 Å². The van der Waals surface area contributed by atoms with Crippen LogP contribution >= 0.6 is 0 Å². The van der Waals surface area contributed by atoms with Gasteiger partial charge in [0, 0.05) is 12.8 Å². The molecule has 1 fully saturated rings. The zero-order valence-corrected chi connectivity index (χ0v) is 11.4. The monoisotopic (exact) mass is 248 g/mol. The van der Waals surface area contributed by atoms with Crippen LogP contribution in [0.4, 0.5) is 4.39 Å². The third kappa shape index (κ3) is 2.47. The maximum atomic E-state index is 14.3. The molecule has 1 aliphatic carbocycles. The van der Waals surface area contributed by atoms with Crippen LogP contribution in [0.1, 0.15) is 55.2 Å². The Morgan fingerprint density at radius 1 is 1.33 bits per heavy atom. The van der Waals surface area contributed by atoms with Gasteiger partial charge in [-0.25, -0.2) is 4.39 Å². The molecule has 0 radical (unpaired) electrons. The van der Waals surface area contributed by atoms with E-state index in [4.69, 9.17) is 0 Å². The minimum absolute atomic E-state index is 0.0786. The van der Waals surface area contributed by atoms with E-state index in [1.807, 2.05) is 19.1 Å². The number of hydrogen-bond acceptors (Lipinski definition) is 1. The molecule has 1 saturated carbocycles. The molecule has 18 heavy (non-hydrogen) atoms. The number of ketones is 1. The van der Waals surface area contributed by atoms with Crippen LogP contribution in [0.15, 0.2) is 12.1 Å². The minimum atomic E-state index is -0.112. The van der Waals surface area contributed by atoms with E-state index in [1.54, 1.807) is 6.92 Å². The van der Waals surface area contributed by atoms with E-state index in [0.29, 0.717) is 24.3 Å². The lowest BCUT2D eigenvalue weighted by Crippen LogP contribution is -2.24. The standard InChI is InChI=1S/C16H21FO/c1-4-12-5-6-13(18)9-14(12)15-8-10(2)7-11(3)16(15)17/h7-8,12,14H,4-6,9H2,1-3H3. The molecule has 0 aromatic heterocycles. The Kier molecular flexibility index (Phi) is 3.84. The zero-order valence-electron chi connectivity index (χ0n) is 11.4. The number of rotatable bonds is 2. The van der Waals surface area contributed by atoms with Crippen LogP contribution in [0.2, 0.25) is 0 Å². The van der Waals surface area contributed by atoms with Crippen molar-refractivity contribution < 1.29 is 9.18 Å². The molecule has 0 aliphatic heterocycles. The molecule has 0 bridgehead atoms. The summed E-state index contributed by atoms with van der Waals surface area (Å²) in [4.78, 5) is 11.7. The van der Waals surface area contributed by atoms with Gasteiger partial charge in [-0.1, -0.05) is 31.0 Å². The second kappa shape index (κ2) is 5.21. The zero-order chi connectivity index (χ0) is 13.3. The summed E-state index contributed by atoms with van der Waals surface area (Å²) < 4.78 is 14.3. The third-order valence-electron chi connectivity index (χ3n) is 4.16. The van der Waals surface area contributed by atoms with Gasteiger partial charge in [0.05, 0.1) is 0 Å². The van der Waals surface area contributed by atoms with Gasteiger partial charge >= 0.3 is 0 Å². The quantitative estimate of drug-likeness (QED) is 0.762. The SMILES string of the molecule is CCC1CCC(=O)CC1c1cc(C)cc(C)c1F. The highest BCUT2D eigenvalue weighted by molar-refractivity contribution is 5.80. The van der Waals surface area contributed by atoms with E-state index < -0.39 is 0 Å². The van der Waals surface area contributed by atoms with Gasteiger partial charge in [0.15, 0.2) is 0 Å². The Morgan fingerprint density at radius 2 is 2.06 bits per heavy atom. The van der Waals surface area contributed by atoms with Crippen molar-refractivity contribution in [2.24, 2.45) is 5.92 Å². The number of benzene rings is 1. The fourth-order valence-electron chi connectivity index (χ4n) is 3.17. The fraction of sp³-hybridized carbons (Fsp3) is 0.562. The van der Waals surface area contributed by atoms with Gasteiger partial charge in [-0.3, -0.25) is 4.79 Å². The summed E-state index contributed by atoms with van der Waals surface area (Å²) in [7, 11) is 0. The molecule has 98 valence electrons. The van der Waals surface area contributed by atoms with Crippen LogP contribution in [0.3, 0.4) is 0 Å². The van der Waals surface area contributed by atoms with E-state index in [1.165, 1.54) is 0 Å². The molecule has 0 heterocycles. The number of hydrogen-bond donors (Lipinski definition) is 0. The van der Waals surface area contributed by atoms with Crippen LogP contribution in [-0.2, 0) is 4.79 Å². The molecule has 2 atom stereocenters. The van der Waals surface area contributed by atoms with Crippen molar-refractivity contribution in [2.45, 2.75) is 52.4 Å². The molecule has 1 aliphatic rings. The van der Waals surface area contributed by atoms with Crippen molar-refractivity contribution in [1.82, 2.24) is 0 Å². The summed E-state index contributed by atoms with van der Waals surface area (Å²) in [6, 6.07) is 3.79. The average Bonchev–Trinajstić information content (AvgIpc) is 2.33. The first-order valence-corrected chi connectivity index (χ1v) is 6.81. The first-order valence-electron chi connectivity index (χ1n) is 6.81. The Hall–Kier alpha value is -1.18. The molecule has 2 unspecified atom stereocenters. The summed E-state index contributed by atoms with van der Waals surface area (Å²) in [6.45, 7) is 5.92. The van der Waals surface area contributed by atoms with Crippen molar-refractivity contribution in [2.75, 3.05) is 0 Å². The molecule has 0 saturated heterocycles. The third-order valence-corrected chi connectivity index (χ3v) is 4.16. The van der Waals surface area contributed by atoms with Gasteiger partial charge in [0.2, 0.25) is 0 Å². The highest BCUT2D eigenvalue weighted by atomic mass is 19.1. The summed E-state index contributed by atoms with van der Waals surface area (Å²) in [5, 5.41) is 0. The minimum Gasteiger partial charge on any atom is -0.300 e. The van der Waals surface area contributed by atoms with Gasteiger partial charge < -0.3 is 0 Å². The van der Waals surface area contributed by atoms with Crippen molar-refractivity contribution in [3.05, 3.63) is 34.6 Å². The van der Waals surface area contributed by atoms with Crippen molar-refractivity contribution >= 4 is 5.78 Å². The first kappa shape index (κ1) is 13.3. The predicted molar refractivity (Wildman–Crippen MR) is 71.3 cm³/mol. The number of Topliss-reactive ketones (excluding diaryl/α,β-unsaturated/α-hetero) is 1. The van der Waals surface area contributed by atoms with Gasteiger partial charge in [-0.15, -0.1) is 0 Å². The number of halogens is 1. The van der Waals surface area contributed by atoms with Gasteiger partial charge in [0.25, 0.3) is 0 Å². The fourth-order valence-corrected chi connectivity index (χ4v) is 3.17. The highest BCUT2D eigenvalue weighted by Crippen LogP contribution is 2.39. The van der Waals surface area contributed by atoms with E-state index in [2.05, 4.69) is 6.92 Å². The largest absolute Gasteiger partial charge is 0.300 e. The lowest BCUT2D eigenvalue weighted by molar-refractivity contribution is -0.121. The normalized spacial score (nSPS) is 24.3. The van der Waals surface area contributed by atoms with Crippen LogP contribution in [0, 0.1) is 25.6 Å². The van der Waals surface area contributed by atoms with Crippen molar-refractivity contribution in [1.29, 1.82) is 0 Å². The summed E-state index contributed by atoms with van der Waals surface area (Å²) in [6.07, 6.45) is 3.11. The van der Waals surface area contributed by atoms with Crippen LogP contribution < -0.4 is 0 Å². The summed E-state index contributed by atoms with van der Waals surface area (Å²) >= 11 is 0. The first-order chi connectivity index (χ1) is 8.52. The number of carbonyl (C=O) groups excluding carboxylic acids is 1. The maximum absolute atomic E-state index is 14.3. The summed E-state index contributed by atoms with van der Waals surface area (Å²) in [5.41, 5.74) is 2.53. The molecular weight excluding hydrogens is 227 g/mol. The topological polar surface area (TPSA) is 17.1 Å². The van der Waals surface area contributed by atoms with Crippen LogP contribution in [-0.4, -0.2) is 5.78 Å². The van der Waals surface area contributed by atoms with Gasteiger partial charge in [-0.05, 0) is 43.2 Å². The van der Waals surface area contributed by atoms with Crippen molar-refractivity contribution in [3.8, 4) is 0 Å². The predicted octanol–water partition coefficient (Wildman–Crippen LogP) is 4.31. The lowest BCUT2D eigenvalue weighted by atomic mass is 9.73. The van der Waals surface area contributed by atoms with E-state index in [-0.39, 0.29) is 17.5 Å². The Labute approximate surface area is 108 Å². The number of carbonyl (C=O) groups is 1. The number of aryl methyl sites for hydroxylation is 2. The molecular formula is C16H21FO.